The van der Waals surface area contributed by atoms with Gasteiger partial charge in [0, 0.05) is 28.7 Å². The molecule has 11 heteroatoms. The Morgan fingerprint density at radius 2 is 1.92 bits per heavy atom. The maximum Gasteiger partial charge on any atom is 0.322 e. The van der Waals surface area contributed by atoms with Crippen LogP contribution in [-0.4, -0.2) is 35.7 Å². The number of aromatic nitrogens is 6. The number of nitrogens with zero attached hydrogens (tertiary/aromatic N) is 6. The van der Waals surface area contributed by atoms with E-state index < -0.39 is 5.82 Å². The summed E-state index contributed by atoms with van der Waals surface area (Å²) in [5, 5.41) is 11.4. The maximum absolute atomic E-state index is 15.2. The van der Waals surface area contributed by atoms with Crippen molar-refractivity contribution in [3.63, 3.8) is 0 Å². The molecular formula is C25H19FN8O2. The van der Waals surface area contributed by atoms with Crippen LogP contribution in [0.25, 0.3) is 27.9 Å². The number of hydrogen-bond acceptors (Lipinski definition) is 8. The molecule has 3 aromatic heterocycles. The highest BCUT2D eigenvalue weighted by Crippen LogP contribution is 2.38. The van der Waals surface area contributed by atoms with Crippen LogP contribution in [0.3, 0.4) is 0 Å². The van der Waals surface area contributed by atoms with Gasteiger partial charge in [0.1, 0.15) is 17.5 Å². The van der Waals surface area contributed by atoms with Crippen molar-refractivity contribution in [1.82, 2.24) is 29.8 Å². The highest BCUT2D eigenvalue weighted by Gasteiger charge is 2.21. The molecule has 10 nitrogen and oxygen atoms in total. The monoisotopic (exact) mass is 482 g/mol. The van der Waals surface area contributed by atoms with E-state index >= 15 is 4.39 Å². The van der Waals surface area contributed by atoms with Crippen LogP contribution in [0, 0.1) is 12.7 Å². The Kier molecular flexibility index (Phi) is 5.79. The van der Waals surface area contributed by atoms with Gasteiger partial charge in [0.2, 0.25) is 5.91 Å². The normalized spacial score (nSPS) is 10.8. The zero-order valence-corrected chi connectivity index (χ0v) is 19.0. The first kappa shape index (κ1) is 22.6. The van der Waals surface area contributed by atoms with Crippen molar-refractivity contribution in [2.24, 2.45) is 0 Å². The summed E-state index contributed by atoms with van der Waals surface area (Å²) in [7, 11) is 0. The number of aryl methyl sites for hydroxylation is 1. The smallest absolute Gasteiger partial charge is 0.322 e. The molecule has 5 rings (SSSR count). The van der Waals surface area contributed by atoms with Gasteiger partial charge in [0.15, 0.2) is 17.4 Å². The standard InChI is InChI=1S/C25H19FN8O2/c1-3-20(35)32-17-7-4-15(5-8-17)22-21(23-24(27)29-13-30-34(23)33-22)16-6-9-19(18(26)12-16)36-25-28-11-10-14(2)31-25/h3-13H,1H2,2H3,(H,32,35)(H2,27,29,30). The Labute approximate surface area is 204 Å². The Hall–Kier alpha value is -5.19. The van der Waals surface area contributed by atoms with Crippen LogP contribution in [0.5, 0.6) is 11.8 Å². The second-order valence-electron chi connectivity index (χ2n) is 7.71. The highest BCUT2D eigenvalue weighted by molar-refractivity contribution is 5.99. The number of hydrogen-bond donors (Lipinski definition) is 2. The zero-order chi connectivity index (χ0) is 25.2. The van der Waals surface area contributed by atoms with E-state index in [9.17, 15) is 4.79 Å². The molecule has 0 fully saturated rings. The molecule has 0 radical (unpaired) electrons. The van der Waals surface area contributed by atoms with Gasteiger partial charge in [-0.25, -0.2) is 19.3 Å². The van der Waals surface area contributed by atoms with Crippen LogP contribution in [0.2, 0.25) is 0 Å². The van der Waals surface area contributed by atoms with E-state index in [0.717, 1.165) is 0 Å². The van der Waals surface area contributed by atoms with Crippen LogP contribution in [-0.2, 0) is 4.79 Å². The lowest BCUT2D eigenvalue weighted by atomic mass is 9.99. The maximum atomic E-state index is 15.2. The third-order valence-corrected chi connectivity index (χ3v) is 5.27. The predicted octanol–water partition coefficient (Wildman–Crippen LogP) is 4.19. The number of carbonyl (C=O) groups is 1. The number of nitrogen functional groups attached to an aromatic ring is 1. The molecule has 1 amide bonds. The number of carbonyl (C=O) groups excluding carboxylic acids is 1. The summed E-state index contributed by atoms with van der Waals surface area (Å²) >= 11 is 0. The number of nitrogens with two attached hydrogens (primary N) is 1. The van der Waals surface area contributed by atoms with Crippen LogP contribution in [0.1, 0.15) is 5.69 Å². The van der Waals surface area contributed by atoms with Crippen molar-refractivity contribution in [2.75, 3.05) is 11.1 Å². The zero-order valence-electron chi connectivity index (χ0n) is 19.0. The predicted molar refractivity (Wildman–Crippen MR) is 132 cm³/mol. The number of fused-ring (bicyclic) bond motifs is 1. The minimum absolute atomic E-state index is 0.0334. The van der Waals surface area contributed by atoms with Gasteiger partial charge in [-0.2, -0.15) is 0 Å². The van der Waals surface area contributed by atoms with Crippen LogP contribution in [0.15, 0.2) is 73.7 Å². The van der Waals surface area contributed by atoms with E-state index in [2.05, 4.69) is 37.0 Å². The fraction of sp³-hybridized carbons (Fsp3) is 0.0400. The lowest BCUT2D eigenvalue weighted by Gasteiger charge is -2.09. The summed E-state index contributed by atoms with van der Waals surface area (Å²) in [6, 6.07) is 13.2. The fourth-order valence-corrected chi connectivity index (χ4v) is 3.61. The van der Waals surface area contributed by atoms with E-state index in [-0.39, 0.29) is 23.5 Å². The SMILES string of the molecule is C=CC(=O)Nc1ccc(-c2nn3ncnc(N)c3c2-c2ccc(Oc3nccc(C)n3)c(F)c2)cc1. The Morgan fingerprint density at radius 3 is 2.64 bits per heavy atom. The summed E-state index contributed by atoms with van der Waals surface area (Å²) in [5.74, 6) is -0.801. The largest absolute Gasteiger partial charge is 0.421 e. The van der Waals surface area contributed by atoms with Gasteiger partial charge in [-0.1, -0.05) is 24.8 Å². The molecule has 0 aliphatic rings. The third-order valence-electron chi connectivity index (χ3n) is 5.27. The van der Waals surface area contributed by atoms with Gasteiger partial charge >= 0.3 is 6.01 Å². The van der Waals surface area contributed by atoms with Gasteiger partial charge in [0.25, 0.3) is 0 Å². The van der Waals surface area contributed by atoms with E-state index in [4.69, 9.17) is 10.5 Å². The number of nitrogens with one attached hydrogen (secondary N) is 1. The van der Waals surface area contributed by atoms with E-state index in [1.54, 1.807) is 43.3 Å². The van der Waals surface area contributed by atoms with Crippen LogP contribution < -0.4 is 15.8 Å². The number of benzene rings is 2. The summed E-state index contributed by atoms with van der Waals surface area (Å²) in [4.78, 5) is 23.8. The molecule has 0 saturated carbocycles. The number of halogens is 1. The lowest BCUT2D eigenvalue weighted by Crippen LogP contribution is -2.06. The molecule has 0 spiro atoms. The molecule has 0 unspecified atom stereocenters. The van der Waals surface area contributed by atoms with Crippen molar-refractivity contribution in [1.29, 1.82) is 0 Å². The Bertz CT molecular complexity index is 1620. The highest BCUT2D eigenvalue weighted by atomic mass is 19.1. The van der Waals surface area contributed by atoms with Gasteiger partial charge in [-0.15, -0.1) is 14.8 Å². The molecule has 2 aromatic carbocycles. The lowest BCUT2D eigenvalue weighted by molar-refractivity contribution is -0.111. The summed E-state index contributed by atoms with van der Waals surface area (Å²) in [6.45, 7) is 5.23. The second-order valence-corrected chi connectivity index (χ2v) is 7.71. The molecule has 0 aliphatic heterocycles. The van der Waals surface area contributed by atoms with Gasteiger partial charge in [-0.05, 0) is 48.9 Å². The van der Waals surface area contributed by atoms with Crippen LogP contribution in [0.4, 0.5) is 15.9 Å². The molecule has 0 aliphatic carbocycles. The van der Waals surface area contributed by atoms with Crippen molar-refractivity contribution in [3.8, 4) is 34.1 Å². The van der Waals surface area contributed by atoms with Gasteiger partial charge in [-0.3, -0.25) is 4.79 Å². The second kappa shape index (κ2) is 9.22. The average molecular weight is 482 g/mol. The first-order valence-electron chi connectivity index (χ1n) is 10.7. The van der Waals surface area contributed by atoms with Crippen molar-refractivity contribution in [2.45, 2.75) is 6.92 Å². The first-order valence-corrected chi connectivity index (χ1v) is 10.7. The summed E-state index contributed by atoms with van der Waals surface area (Å²) in [6.07, 6.45) is 4.00. The molecule has 36 heavy (non-hydrogen) atoms. The molecule has 3 heterocycles. The number of amides is 1. The Morgan fingerprint density at radius 1 is 1.14 bits per heavy atom. The first-order chi connectivity index (χ1) is 17.4. The van der Waals surface area contributed by atoms with Crippen molar-refractivity contribution in [3.05, 3.63) is 85.2 Å². The molecule has 0 bridgehead atoms. The van der Waals surface area contributed by atoms with Crippen molar-refractivity contribution < 1.29 is 13.9 Å². The van der Waals surface area contributed by atoms with Crippen LogP contribution >= 0.6 is 0 Å². The summed E-state index contributed by atoms with van der Waals surface area (Å²) in [5.41, 5.74) is 10.1. The fourth-order valence-electron chi connectivity index (χ4n) is 3.61. The van der Waals surface area contributed by atoms with Gasteiger partial charge in [0.05, 0.1) is 0 Å². The van der Waals surface area contributed by atoms with E-state index in [1.165, 1.54) is 35.4 Å². The van der Waals surface area contributed by atoms with Crippen molar-refractivity contribution >= 4 is 22.9 Å². The molecule has 0 atom stereocenters. The topological polar surface area (TPSA) is 133 Å². The Balaban J connectivity index is 1.59. The molecule has 3 N–H and O–H groups in total. The number of anilines is 2. The van der Waals surface area contributed by atoms with E-state index in [1.807, 2.05) is 0 Å². The molecule has 178 valence electrons. The minimum atomic E-state index is -0.624. The molecule has 5 aromatic rings. The molecular weight excluding hydrogens is 463 g/mol. The van der Waals surface area contributed by atoms with E-state index in [0.29, 0.717) is 39.3 Å². The average Bonchev–Trinajstić information content (AvgIpc) is 3.27. The number of rotatable bonds is 6. The third kappa shape index (κ3) is 4.32. The molecule has 0 saturated heterocycles. The number of ether oxygens (including phenoxy) is 1. The quantitative estimate of drug-likeness (QED) is 0.344. The van der Waals surface area contributed by atoms with Gasteiger partial charge < -0.3 is 15.8 Å². The minimum Gasteiger partial charge on any atom is -0.421 e. The summed E-state index contributed by atoms with van der Waals surface area (Å²) < 4.78 is 22.0.